The molecule has 3 heterocycles. The minimum Gasteiger partial charge on any atom is -0.354 e. The molecule has 1 amide bonds. The highest BCUT2D eigenvalue weighted by Crippen LogP contribution is 2.19. The van der Waals surface area contributed by atoms with E-state index in [9.17, 15) is 13.2 Å². The zero-order valence-corrected chi connectivity index (χ0v) is 16.5. The van der Waals surface area contributed by atoms with Crippen molar-refractivity contribution in [2.24, 2.45) is 0 Å². The fourth-order valence-electron chi connectivity index (χ4n) is 3.73. The van der Waals surface area contributed by atoms with Gasteiger partial charge in [0, 0.05) is 57.6 Å². The molecule has 3 rings (SSSR count). The lowest BCUT2D eigenvalue weighted by atomic mass is 10.1. The summed E-state index contributed by atoms with van der Waals surface area (Å²) in [7, 11) is -2.85. The standard InChI is InChI=1S/C18H29N5O3S/c24-17(5-2-1-3-7-19-18-20-8-4-9-21-18)23-12-10-22(11-13-23)16-6-14-27(25,26)15-16/h4,8-9,16H,1-3,5-7,10-15H2,(H,19,20,21)/t16-/m1/s1. The van der Waals surface area contributed by atoms with E-state index in [-0.39, 0.29) is 17.7 Å². The van der Waals surface area contributed by atoms with Gasteiger partial charge in [-0.25, -0.2) is 18.4 Å². The average molecular weight is 396 g/mol. The van der Waals surface area contributed by atoms with Gasteiger partial charge in [-0.3, -0.25) is 9.69 Å². The maximum absolute atomic E-state index is 12.4. The van der Waals surface area contributed by atoms with E-state index < -0.39 is 9.84 Å². The predicted molar refractivity (Wildman–Crippen MR) is 104 cm³/mol. The van der Waals surface area contributed by atoms with E-state index in [4.69, 9.17) is 0 Å². The number of anilines is 1. The van der Waals surface area contributed by atoms with Crippen LogP contribution in [0.5, 0.6) is 0 Å². The molecule has 2 aliphatic heterocycles. The number of rotatable bonds is 8. The summed E-state index contributed by atoms with van der Waals surface area (Å²) in [5, 5.41) is 3.17. The van der Waals surface area contributed by atoms with Crippen molar-refractivity contribution in [1.29, 1.82) is 0 Å². The number of carbonyl (C=O) groups excluding carboxylic acids is 1. The molecule has 1 atom stereocenters. The molecule has 1 aromatic rings. The SMILES string of the molecule is O=C(CCCCCNc1ncccn1)N1CCN([C@@H]2CCS(=O)(=O)C2)CC1. The first-order valence-corrected chi connectivity index (χ1v) is 11.6. The van der Waals surface area contributed by atoms with Crippen molar-refractivity contribution in [3.63, 3.8) is 0 Å². The molecular formula is C18H29N5O3S. The molecule has 0 aliphatic carbocycles. The second-order valence-corrected chi connectivity index (χ2v) is 9.51. The van der Waals surface area contributed by atoms with Crippen LogP contribution in [0, 0.1) is 0 Å². The Hall–Kier alpha value is -1.74. The monoisotopic (exact) mass is 395 g/mol. The highest BCUT2D eigenvalue weighted by molar-refractivity contribution is 7.91. The van der Waals surface area contributed by atoms with Gasteiger partial charge in [-0.05, 0) is 25.3 Å². The second-order valence-electron chi connectivity index (χ2n) is 7.28. The lowest BCUT2D eigenvalue weighted by Crippen LogP contribution is -2.52. The number of unbranched alkanes of at least 4 members (excludes halogenated alkanes) is 2. The van der Waals surface area contributed by atoms with E-state index in [1.807, 2.05) is 4.90 Å². The number of sulfone groups is 1. The lowest BCUT2D eigenvalue weighted by Gasteiger charge is -2.37. The van der Waals surface area contributed by atoms with Crippen LogP contribution in [0.1, 0.15) is 32.1 Å². The van der Waals surface area contributed by atoms with Gasteiger partial charge in [-0.1, -0.05) is 6.42 Å². The molecule has 0 unspecified atom stereocenters. The Morgan fingerprint density at radius 2 is 1.85 bits per heavy atom. The van der Waals surface area contributed by atoms with E-state index in [0.717, 1.165) is 45.3 Å². The van der Waals surface area contributed by atoms with Crippen molar-refractivity contribution in [3.05, 3.63) is 18.5 Å². The van der Waals surface area contributed by atoms with Crippen molar-refractivity contribution in [3.8, 4) is 0 Å². The van der Waals surface area contributed by atoms with Crippen molar-refractivity contribution in [2.75, 3.05) is 49.5 Å². The normalized spacial score (nSPS) is 22.7. The summed E-state index contributed by atoms with van der Waals surface area (Å²) < 4.78 is 23.3. The zero-order chi connectivity index (χ0) is 19.1. The number of aromatic nitrogens is 2. The molecular weight excluding hydrogens is 366 g/mol. The number of nitrogens with zero attached hydrogens (tertiary/aromatic N) is 4. The third-order valence-corrected chi connectivity index (χ3v) is 7.06. The Morgan fingerprint density at radius 1 is 1.11 bits per heavy atom. The summed E-state index contributed by atoms with van der Waals surface area (Å²) in [6.07, 6.45) is 7.59. The second kappa shape index (κ2) is 9.45. The number of hydrogen-bond acceptors (Lipinski definition) is 7. The van der Waals surface area contributed by atoms with Crippen molar-refractivity contribution in [1.82, 2.24) is 19.8 Å². The molecule has 150 valence electrons. The van der Waals surface area contributed by atoms with Gasteiger partial charge >= 0.3 is 0 Å². The van der Waals surface area contributed by atoms with E-state index in [0.29, 0.717) is 31.2 Å². The van der Waals surface area contributed by atoms with Gasteiger partial charge in [-0.15, -0.1) is 0 Å². The van der Waals surface area contributed by atoms with Crippen LogP contribution in [0.15, 0.2) is 18.5 Å². The molecule has 27 heavy (non-hydrogen) atoms. The van der Waals surface area contributed by atoms with Crippen LogP contribution in [0.4, 0.5) is 5.95 Å². The molecule has 1 aromatic heterocycles. The number of carbonyl (C=O) groups is 1. The van der Waals surface area contributed by atoms with Gasteiger partial charge in [0.15, 0.2) is 9.84 Å². The lowest BCUT2D eigenvalue weighted by molar-refractivity contribution is -0.133. The summed E-state index contributed by atoms with van der Waals surface area (Å²) in [6.45, 7) is 3.80. The fourth-order valence-corrected chi connectivity index (χ4v) is 5.49. The van der Waals surface area contributed by atoms with Gasteiger partial charge in [0.25, 0.3) is 0 Å². The molecule has 0 radical (unpaired) electrons. The van der Waals surface area contributed by atoms with E-state index in [1.165, 1.54) is 0 Å². The van der Waals surface area contributed by atoms with Crippen LogP contribution in [0.3, 0.4) is 0 Å². The van der Waals surface area contributed by atoms with Gasteiger partial charge in [0.2, 0.25) is 11.9 Å². The molecule has 0 bridgehead atoms. The smallest absolute Gasteiger partial charge is 0.222 e. The largest absolute Gasteiger partial charge is 0.354 e. The number of piperazine rings is 1. The topological polar surface area (TPSA) is 95.5 Å². The summed E-state index contributed by atoms with van der Waals surface area (Å²) in [4.78, 5) is 24.7. The fraction of sp³-hybridized carbons (Fsp3) is 0.722. The molecule has 1 N–H and O–H groups in total. The van der Waals surface area contributed by atoms with Crippen LogP contribution in [0.25, 0.3) is 0 Å². The van der Waals surface area contributed by atoms with Crippen molar-refractivity contribution in [2.45, 2.75) is 38.1 Å². The highest BCUT2D eigenvalue weighted by atomic mass is 32.2. The van der Waals surface area contributed by atoms with Gasteiger partial charge < -0.3 is 10.2 Å². The Labute approximate surface area is 161 Å². The summed E-state index contributed by atoms with van der Waals surface area (Å²) in [5.41, 5.74) is 0. The van der Waals surface area contributed by atoms with Crippen LogP contribution in [-0.4, -0.2) is 84.4 Å². The van der Waals surface area contributed by atoms with Crippen LogP contribution in [-0.2, 0) is 14.6 Å². The number of amides is 1. The Bertz CT molecular complexity index is 705. The Balaban J connectivity index is 1.26. The first-order chi connectivity index (χ1) is 13.0. The zero-order valence-electron chi connectivity index (χ0n) is 15.7. The molecule has 0 spiro atoms. The first-order valence-electron chi connectivity index (χ1n) is 9.77. The van der Waals surface area contributed by atoms with Crippen LogP contribution < -0.4 is 5.32 Å². The van der Waals surface area contributed by atoms with Crippen LogP contribution in [0.2, 0.25) is 0 Å². The van der Waals surface area contributed by atoms with E-state index in [1.54, 1.807) is 18.5 Å². The van der Waals surface area contributed by atoms with Gasteiger partial charge in [0.05, 0.1) is 11.5 Å². The first kappa shape index (κ1) is 20.0. The summed E-state index contributed by atoms with van der Waals surface area (Å²) in [6, 6.07) is 1.93. The highest BCUT2D eigenvalue weighted by Gasteiger charge is 2.34. The third-order valence-electron chi connectivity index (χ3n) is 5.31. The Kier molecular flexibility index (Phi) is 7.01. The molecule has 0 aromatic carbocycles. The van der Waals surface area contributed by atoms with Crippen molar-refractivity contribution < 1.29 is 13.2 Å². The molecule has 2 aliphatic rings. The maximum atomic E-state index is 12.4. The number of nitrogens with one attached hydrogen (secondary N) is 1. The molecule has 0 saturated carbocycles. The molecule has 8 nitrogen and oxygen atoms in total. The van der Waals surface area contributed by atoms with Gasteiger partial charge in [-0.2, -0.15) is 0 Å². The maximum Gasteiger partial charge on any atom is 0.222 e. The van der Waals surface area contributed by atoms with Crippen molar-refractivity contribution >= 4 is 21.7 Å². The van der Waals surface area contributed by atoms with Crippen LogP contribution >= 0.6 is 0 Å². The van der Waals surface area contributed by atoms with E-state index >= 15 is 0 Å². The minimum absolute atomic E-state index is 0.147. The minimum atomic E-state index is -2.85. The molecule has 2 saturated heterocycles. The average Bonchev–Trinajstić information content (AvgIpc) is 3.05. The Morgan fingerprint density at radius 3 is 2.52 bits per heavy atom. The van der Waals surface area contributed by atoms with E-state index in [2.05, 4.69) is 20.2 Å². The molecule has 2 fully saturated rings. The quantitative estimate of drug-likeness (QED) is 0.650. The summed E-state index contributed by atoms with van der Waals surface area (Å²) >= 11 is 0. The molecule has 9 heteroatoms. The summed E-state index contributed by atoms with van der Waals surface area (Å²) in [5.74, 6) is 1.44. The predicted octanol–water partition coefficient (Wildman–Crippen LogP) is 0.780. The van der Waals surface area contributed by atoms with Gasteiger partial charge in [0.1, 0.15) is 0 Å². The number of hydrogen-bond donors (Lipinski definition) is 1. The third kappa shape index (κ3) is 6.14.